The number of carbonyl (C=O) groups excluding carboxylic acids is 1. The van der Waals surface area contributed by atoms with Crippen LogP contribution in [0.1, 0.15) is 11.6 Å². The van der Waals surface area contributed by atoms with Crippen LogP contribution in [0.5, 0.6) is 0 Å². The normalized spacial score (nSPS) is 24.9. The smallest absolute Gasteiger partial charge is 0.318 e. The van der Waals surface area contributed by atoms with Gasteiger partial charge in [-0.2, -0.15) is 0 Å². The van der Waals surface area contributed by atoms with E-state index in [9.17, 15) is 9.59 Å². The Labute approximate surface area is 87.1 Å². The molecule has 0 radical (unpaired) electrons. The van der Waals surface area contributed by atoms with Crippen molar-refractivity contribution in [3.8, 4) is 0 Å². The second kappa shape index (κ2) is 3.38. The second-order valence-electron chi connectivity index (χ2n) is 3.62. The average molecular weight is 205 g/mol. The van der Waals surface area contributed by atoms with Crippen LogP contribution in [-0.4, -0.2) is 28.9 Å². The fraction of sp³-hybridized carbons (Fsp3) is 0.273. The summed E-state index contributed by atoms with van der Waals surface area (Å²) in [6, 6.07) is 8.89. The fourth-order valence-electron chi connectivity index (χ4n) is 1.94. The molecule has 1 aliphatic rings. The van der Waals surface area contributed by atoms with Gasteiger partial charge in [0.1, 0.15) is 0 Å². The number of likely N-dealkylation sites (tertiary alicyclic amines) is 1. The fourth-order valence-corrected chi connectivity index (χ4v) is 1.94. The predicted molar refractivity (Wildman–Crippen MR) is 53.1 cm³/mol. The Kier molecular flexibility index (Phi) is 2.19. The predicted octanol–water partition coefficient (Wildman–Crippen LogP) is 0.900. The first kappa shape index (κ1) is 9.71. The summed E-state index contributed by atoms with van der Waals surface area (Å²) >= 11 is 0. The molecule has 1 N–H and O–H groups in total. The Morgan fingerprint density at radius 3 is 2.47 bits per heavy atom. The minimum absolute atomic E-state index is 0.323. The lowest BCUT2D eigenvalue weighted by molar-refractivity contribution is -0.168. The first-order valence-electron chi connectivity index (χ1n) is 4.67. The minimum Gasteiger partial charge on any atom is -0.481 e. The summed E-state index contributed by atoms with van der Waals surface area (Å²) in [5.74, 6) is -2.29. The molecule has 0 aliphatic carbocycles. The zero-order chi connectivity index (χ0) is 11.0. The van der Waals surface area contributed by atoms with Gasteiger partial charge in [0.15, 0.2) is 5.92 Å². The highest BCUT2D eigenvalue weighted by Crippen LogP contribution is 2.38. The molecule has 2 atom stereocenters. The van der Waals surface area contributed by atoms with Crippen molar-refractivity contribution in [3.63, 3.8) is 0 Å². The van der Waals surface area contributed by atoms with Gasteiger partial charge in [0.2, 0.25) is 5.91 Å². The lowest BCUT2D eigenvalue weighted by atomic mass is 9.83. The highest BCUT2D eigenvalue weighted by molar-refractivity contribution is 6.02. The number of rotatable bonds is 2. The van der Waals surface area contributed by atoms with Crippen LogP contribution >= 0.6 is 0 Å². The molecule has 0 spiro atoms. The number of amides is 1. The SMILES string of the molecule is CN1C(=O)C(C(=O)O)C1c1ccccc1. The lowest BCUT2D eigenvalue weighted by Crippen LogP contribution is -2.55. The summed E-state index contributed by atoms with van der Waals surface area (Å²) in [5, 5.41) is 8.91. The van der Waals surface area contributed by atoms with E-state index in [2.05, 4.69) is 0 Å². The summed E-state index contributed by atoms with van der Waals surface area (Å²) in [7, 11) is 1.62. The molecule has 1 amide bonds. The molecule has 1 fully saturated rings. The zero-order valence-electron chi connectivity index (χ0n) is 8.25. The molecule has 4 heteroatoms. The molecule has 0 saturated carbocycles. The van der Waals surface area contributed by atoms with E-state index in [1.807, 2.05) is 30.3 Å². The minimum atomic E-state index is -1.05. The molecule has 0 aromatic heterocycles. The summed E-state index contributed by atoms with van der Waals surface area (Å²) in [6.07, 6.45) is 0. The van der Waals surface area contributed by atoms with E-state index in [4.69, 9.17) is 5.11 Å². The number of hydrogen-bond acceptors (Lipinski definition) is 2. The summed E-state index contributed by atoms with van der Waals surface area (Å²) < 4.78 is 0. The molecule has 1 saturated heterocycles. The van der Waals surface area contributed by atoms with Gasteiger partial charge in [0.05, 0.1) is 6.04 Å². The molecule has 78 valence electrons. The maximum atomic E-state index is 11.3. The van der Waals surface area contributed by atoms with Gasteiger partial charge in [-0.1, -0.05) is 30.3 Å². The van der Waals surface area contributed by atoms with Gasteiger partial charge in [-0.15, -0.1) is 0 Å². The van der Waals surface area contributed by atoms with Gasteiger partial charge < -0.3 is 10.0 Å². The van der Waals surface area contributed by atoms with Crippen molar-refractivity contribution in [2.45, 2.75) is 6.04 Å². The number of carbonyl (C=O) groups is 2. The van der Waals surface area contributed by atoms with Crippen LogP contribution in [0, 0.1) is 5.92 Å². The third kappa shape index (κ3) is 1.38. The van der Waals surface area contributed by atoms with Crippen molar-refractivity contribution in [2.24, 2.45) is 5.92 Å². The Bertz CT molecular complexity index is 402. The maximum absolute atomic E-state index is 11.3. The third-order valence-corrected chi connectivity index (χ3v) is 2.75. The molecule has 1 heterocycles. The molecular weight excluding hydrogens is 194 g/mol. The third-order valence-electron chi connectivity index (χ3n) is 2.75. The molecule has 2 rings (SSSR count). The molecule has 1 aromatic carbocycles. The second-order valence-corrected chi connectivity index (χ2v) is 3.62. The van der Waals surface area contributed by atoms with Crippen LogP contribution in [0.15, 0.2) is 30.3 Å². The van der Waals surface area contributed by atoms with E-state index in [0.717, 1.165) is 5.56 Å². The Hall–Kier alpha value is -1.84. The number of hydrogen-bond donors (Lipinski definition) is 1. The van der Waals surface area contributed by atoms with Crippen LogP contribution in [0.2, 0.25) is 0 Å². The molecular formula is C11H11NO3. The number of β-lactam (4-membered cyclic amide) rings is 1. The van der Waals surface area contributed by atoms with Crippen molar-refractivity contribution in [2.75, 3.05) is 7.05 Å². The largest absolute Gasteiger partial charge is 0.481 e. The summed E-state index contributed by atoms with van der Waals surface area (Å²) in [5.41, 5.74) is 0.868. The maximum Gasteiger partial charge on any atom is 0.318 e. The Morgan fingerprint density at radius 1 is 1.33 bits per heavy atom. The van der Waals surface area contributed by atoms with Gasteiger partial charge in [-0.25, -0.2) is 0 Å². The molecule has 0 bridgehead atoms. The highest BCUT2D eigenvalue weighted by Gasteiger charge is 2.50. The highest BCUT2D eigenvalue weighted by atomic mass is 16.4. The number of nitrogens with zero attached hydrogens (tertiary/aromatic N) is 1. The first-order chi connectivity index (χ1) is 7.13. The van der Waals surface area contributed by atoms with Crippen molar-refractivity contribution in [1.82, 2.24) is 4.90 Å². The molecule has 1 aromatic rings. The Balaban J connectivity index is 2.30. The quantitative estimate of drug-likeness (QED) is 0.576. The van der Waals surface area contributed by atoms with Gasteiger partial charge >= 0.3 is 5.97 Å². The average Bonchev–Trinajstić information content (AvgIpc) is 2.25. The van der Waals surface area contributed by atoms with Crippen LogP contribution in [0.3, 0.4) is 0 Å². The number of carboxylic acids is 1. The zero-order valence-corrected chi connectivity index (χ0v) is 8.25. The van der Waals surface area contributed by atoms with E-state index in [1.165, 1.54) is 4.90 Å². The number of carboxylic acid groups (broad SMARTS) is 1. The van der Waals surface area contributed by atoms with Gasteiger partial charge in [-0.05, 0) is 5.56 Å². The van der Waals surface area contributed by atoms with Gasteiger partial charge in [-0.3, -0.25) is 9.59 Å². The first-order valence-corrected chi connectivity index (χ1v) is 4.67. The topological polar surface area (TPSA) is 57.6 Å². The standard InChI is InChI=1S/C11H11NO3/c1-12-9(7-5-3-2-4-6-7)8(10(12)13)11(14)15/h2-6,8-9H,1H3,(H,14,15). The number of aliphatic carboxylic acids is 1. The van der Waals surface area contributed by atoms with Crippen LogP contribution in [0.25, 0.3) is 0 Å². The Morgan fingerprint density at radius 2 is 1.93 bits per heavy atom. The van der Waals surface area contributed by atoms with Crippen molar-refractivity contribution < 1.29 is 14.7 Å². The van der Waals surface area contributed by atoms with Crippen LogP contribution < -0.4 is 0 Å². The lowest BCUT2D eigenvalue weighted by Gasteiger charge is -2.42. The van der Waals surface area contributed by atoms with Gasteiger partial charge in [0, 0.05) is 7.05 Å². The summed E-state index contributed by atoms with van der Waals surface area (Å²) in [4.78, 5) is 23.7. The van der Waals surface area contributed by atoms with E-state index in [1.54, 1.807) is 7.05 Å². The summed E-state index contributed by atoms with van der Waals surface area (Å²) in [6.45, 7) is 0. The van der Waals surface area contributed by atoms with Crippen LogP contribution in [0.4, 0.5) is 0 Å². The van der Waals surface area contributed by atoms with Crippen molar-refractivity contribution >= 4 is 11.9 Å². The molecule has 2 unspecified atom stereocenters. The van der Waals surface area contributed by atoms with Gasteiger partial charge in [0.25, 0.3) is 0 Å². The van der Waals surface area contributed by atoms with E-state index < -0.39 is 11.9 Å². The van der Waals surface area contributed by atoms with Crippen LogP contribution in [-0.2, 0) is 9.59 Å². The van der Waals surface area contributed by atoms with E-state index in [-0.39, 0.29) is 11.9 Å². The van der Waals surface area contributed by atoms with Crippen molar-refractivity contribution in [1.29, 1.82) is 0 Å². The number of benzene rings is 1. The molecule has 15 heavy (non-hydrogen) atoms. The monoisotopic (exact) mass is 205 g/mol. The molecule has 4 nitrogen and oxygen atoms in total. The van der Waals surface area contributed by atoms with Crippen molar-refractivity contribution in [3.05, 3.63) is 35.9 Å². The molecule has 1 aliphatic heterocycles. The van der Waals surface area contributed by atoms with E-state index in [0.29, 0.717) is 0 Å². The van der Waals surface area contributed by atoms with E-state index >= 15 is 0 Å².